The number of unbranched alkanes of at least 4 members (excludes halogenated alkanes) is 2. The van der Waals surface area contributed by atoms with Crippen LogP contribution in [0.25, 0.3) is 0 Å². The third-order valence-corrected chi connectivity index (χ3v) is 4.74. The Bertz CT molecular complexity index is 464. The molecule has 1 aromatic rings. The van der Waals surface area contributed by atoms with E-state index in [4.69, 9.17) is 0 Å². The zero-order chi connectivity index (χ0) is 15.2. The van der Waals surface area contributed by atoms with Gasteiger partial charge in [0.1, 0.15) is 5.82 Å². The molecule has 1 N–H and O–H groups in total. The summed E-state index contributed by atoms with van der Waals surface area (Å²) in [5.74, 6) is -0.0294. The average molecular weight is 394 g/mol. The van der Waals surface area contributed by atoms with Crippen LogP contribution >= 0.6 is 28.3 Å². The van der Waals surface area contributed by atoms with E-state index in [1.807, 2.05) is 19.1 Å². The van der Waals surface area contributed by atoms with Gasteiger partial charge in [0.05, 0.1) is 0 Å². The Hall–Kier alpha value is -0.160. The van der Waals surface area contributed by atoms with Gasteiger partial charge < -0.3 is 5.32 Å². The molecule has 0 bridgehead atoms. The van der Waals surface area contributed by atoms with E-state index in [1.54, 1.807) is 0 Å². The lowest BCUT2D eigenvalue weighted by Crippen LogP contribution is -2.45. The summed E-state index contributed by atoms with van der Waals surface area (Å²) in [4.78, 5) is 2.44. The maximum atomic E-state index is 14.6. The van der Waals surface area contributed by atoms with E-state index in [-0.39, 0.29) is 24.3 Å². The van der Waals surface area contributed by atoms with Crippen LogP contribution in [0.1, 0.15) is 49.8 Å². The molecule has 0 amide bonds. The smallest absolute Gasteiger partial charge is 0.130 e. The second-order valence-corrected chi connectivity index (χ2v) is 6.84. The Balaban J connectivity index is 0.00000242. The Morgan fingerprint density at radius 3 is 2.59 bits per heavy atom. The van der Waals surface area contributed by atoms with Crippen LogP contribution in [0.15, 0.2) is 16.6 Å². The van der Waals surface area contributed by atoms with Crippen LogP contribution in [0.2, 0.25) is 0 Å². The van der Waals surface area contributed by atoms with E-state index < -0.39 is 0 Å². The standard InChI is InChI=1S/C17H26BrFN2.ClH/c1-3-4-5-6-16(21-9-7-20-8-10-21)15-12-14(18)11-13(2)17(15)19;/h11-12,16,20H,3-10H2,1-2H3;1H/t16-;/m1./s1. The van der Waals surface area contributed by atoms with Gasteiger partial charge in [0.15, 0.2) is 0 Å². The van der Waals surface area contributed by atoms with Crippen LogP contribution in [0.4, 0.5) is 4.39 Å². The Kier molecular flexibility index (Phi) is 8.91. The highest BCUT2D eigenvalue weighted by Gasteiger charge is 2.25. The molecule has 0 aliphatic carbocycles. The summed E-state index contributed by atoms with van der Waals surface area (Å²) in [6.07, 6.45) is 4.63. The monoisotopic (exact) mass is 392 g/mol. The van der Waals surface area contributed by atoms with E-state index in [0.29, 0.717) is 0 Å². The van der Waals surface area contributed by atoms with E-state index in [9.17, 15) is 4.39 Å². The summed E-state index contributed by atoms with van der Waals surface area (Å²) in [5.41, 5.74) is 1.59. The minimum Gasteiger partial charge on any atom is -0.314 e. The molecule has 126 valence electrons. The van der Waals surface area contributed by atoms with Crippen LogP contribution < -0.4 is 5.32 Å². The van der Waals surface area contributed by atoms with Crippen molar-refractivity contribution in [3.05, 3.63) is 33.5 Å². The molecule has 1 aromatic carbocycles. The fourth-order valence-electron chi connectivity index (χ4n) is 3.11. The van der Waals surface area contributed by atoms with Gasteiger partial charge in [-0.1, -0.05) is 42.1 Å². The third kappa shape index (κ3) is 5.19. The SMILES string of the molecule is CCCCC[C@H](c1cc(Br)cc(C)c1F)N1CCNCC1.Cl. The second-order valence-electron chi connectivity index (χ2n) is 5.92. The summed E-state index contributed by atoms with van der Waals surface area (Å²) in [6, 6.07) is 4.04. The van der Waals surface area contributed by atoms with Crippen molar-refractivity contribution < 1.29 is 4.39 Å². The van der Waals surface area contributed by atoms with Crippen molar-refractivity contribution in [3.8, 4) is 0 Å². The topological polar surface area (TPSA) is 15.3 Å². The van der Waals surface area contributed by atoms with Gasteiger partial charge >= 0.3 is 0 Å². The normalized spacial score (nSPS) is 17.1. The number of nitrogens with zero attached hydrogens (tertiary/aromatic N) is 1. The molecular formula is C17H27BrClFN2. The molecule has 0 spiro atoms. The van der Waals surface area contributed by atoms with Crippen LogP contribution in [-0.4, -0.2) is 31.1 Å². The number of nitrogens with one attached hydrogen (secondary N) is 1. The van der Waals surface area contributed by atoms with Gasteiger partial charge in [-0.25, -0.2) is 4.39 Å². The highest BCUT2D eigenvalue weighted by Crippen LogP contribution is 2.32. The minimum absolute atomic E-state index is 0. The number of rotatable bonds is 6. The van der Waals surface area contributed by atoms with Gasteiger partial charge in [0.2, 0.25) is 0 Å². The summed E-state index contributed by atoms with van der Waals surface area (Å²) < 4.78 is 15.6. The molecule has 1 saturated heterocycles. The van der Waals surface area contributed by atoms with Gasteiger partial charge in [-0.15, -0.1) is 12.4 Å². The van der Waals surface area contributed by atoms with Gasteiger partial charge in [-0.3, -0.25) is 4.90 Å². The predicted molar refractivity (Wildman–Crippen MR) is 97.4 cm³/mol. The maximum absolute atomic E-state index is 14.6. The first-order chi connectivity index (χ1) is 10.1. The maximum Gasteiger partial charge on any atom is 0.130 e. The summed E-state index contributed by atoms with van der Waals surface area (Å²) in [7, 11) is 0. The summed E-state index contributed by atoms with van der Waals surface area (Å²) in [6.45, 7) is 8.06. The predicted octanol–water partition coefficient (Wildman–Crippen LogP) is 4.85. The largest absolute Gasteiger partial charge is 0.314 e. The third-order valence-electron chi connectivity index (χ3n) is 4.28. The fourth-order valence-corrected chi connectivity index (χ4v) is 3.70. The molecular weight excluding hydrogens is 367 g/mol. The Morgan fingerprint density at radius 2 is 1.95 bits per heavy atom. The van der Waals surface area contributed by atoms with Gasteiger partial charge in [0.25, 0.3) is 0 Å². The molecule has 2 rings (SSSR count). The van der Waals surface area contributed by atoms with Crippen molar-refractivity contribution in [1.29, 1.82) is 0 Å². The molecule has 1 heterocycles. The number of hydrogen-bond acceptors (Lipinski definition) is 2. The number of piperazine rings is 1. The molecule has 22 heavy (non-hydrogen) atoms. The van der Waals surface area contributed by atoms with Crippen molar-refractivity contribution >= 4 is 28.3 Å². The molecule has 1 aliphatic heterocycles. The van der Waals surface area contributed by atoms with Gasteiger partial charge in [-0.2, -0.15) is 0 Å². The van der Waals surface area contributed by atoms with E-state index in [1.165, 1.54) is 12.8 Å². The molecule has 1 atom stereocenters. The van der Waals surface area contributed by atoms with Crippen molar-refractivity contribution in [2.24, 2.45) is 0 Å². The first-order valence-electron chi connectivity index (χ1n) is 8.03. The molecule has 2 nitrogen and oxygen atoms in total. The van der Waals surface area contributed by atoms with E-state index in [0.717, 1.165) is 54.6 Å². The van der Waals surface area contributed by atoms with Crippen molar-refractivity contribution in [2.75, 3.05) is 26.2 Å². The zero-order valence-electron chi connectivity index (χ0n) is 13.5. The van der Waals surface area contributed by atoms with Crippen LogP contribution in [-0.2, 0) is 0 Å². The first kappa shape index (κ1) is 19.9. The lowest BCUT2D eigenvalue weighted by atomic mass is 9.96. The Labute approximate surface area is 148 Å². The lowest BCUT2D eigenvalue weighted by molar-refractivity contribution is 0.159. The average Bonchev–Trinajstić information content (AvgIpc) is 2.49. The fraction of sp³-hybridized carbons (Fsp3) is 0.647. The lowest BCUT2D eigenvalue weighted by Gasteiger charge is -2.35. The van der Waals surface area contributed by atoms with E-state index in [2.05, 4.69) is 33.1 Å². The van der Waals surface area contributed by atoms with Crippen LogP contribution in [0.5, 0.6) is 0 Å². The highest BCUT2D eigenvalue weighted by molar-refractivity contribution is 9.10. The highest BCUT2D eigenvalue weighted by atomic mass is 79.9. The van der Waals surface area contributed by atoms with Crippen molar-refractivity contribution in [1.82, 2.24) is 10.2 Å². The zero-order valence-corrected chi connectivity index (χ0v) is 15.9. The molecule has 1 fully saturated rings. The van der Waals surface area contributed by atoms with Gasteiger partial charge in [-0.05, 0) is 31.0 Å². The summed E-state index contributed by atoms with van der Waals surface area (Å²) >= 11 is 3.52. The minimum atomic E-state index is -0.0294. The molecule has 1 aliphatic rings. The number of hydrogen-bond donors (Lipinski definition) is 1. The number of benzene rings is 1. The van der Waals surface area contributed by atoms with Crippen LogP contribution in [0, 0.1) is 12.7 Å². The van der Waals surface area contributed by atoms with Gasteiger partial charge in [0, 0.05) is 42.3 Å². The Morgan fingerprint density at radius 1 is 1.27 bits per heavy atom. The quantitative estimate of drug-likeness (QED) is 0.695. The van der Waals surface area contributed by atoms with Crippen molar-refractivity contribution in [3.63, 3.8) is 0 Å². The summed E-state index contributed by atoms with van der Waals surface area (Å²) in [5, 5.41) is 3.38. The molecule has 0 unspecified atom stereocenters. The van der Waals surface area contributed by atoms with Crippen molar-refractivity contribution in [2.45, 2.75) is 45.6 Å². The number of halogens is 3. The number of aryl methyl sites for hydroxylation is 1. The molecule has 0 aromatic heterocycles. The molecule has 0 saturated carbocycles. The van der Waals surface area contributed by atoms with E-state index >= 15 is 0 Å². The first-order valence-corrected chi connectivity index (χ1v) is 8.83. The van der Waals surface area contributed by atoms with Crippen LogP contribution in [0.3, 0.4) is 0 Å². The second kappa shape index (κ2) is 9.86. The molecule has 0 radical (unpaired) electrons. The molecule has 5 heteroatoms.